The normalized spacial score (nSPS) is 11.0. The molecule has 0 spiro atoms. The number of hydrazone groups is 1. The maximum absolute atomic E-state index is 12.9. The first-order valence-electron chi connectivity index (χ1n) is 9.43. The lowest BCUT2D eigenvalue weighted by Crippen LogP contribution is -2.18. The Morgan fingerprint density at radius 1 is 1.00 bits per heavy atom. The number of nitrogens with zero attached hydrogens (tertiary/aromatic N) is 3. The van der Waals surface area contributed by atoms with Crippen molar-refractivity contribution in [2.24, 2.45) is 5.10 Å². The van der Waals surface area contributed by atoms with E-state index in [0.29, 0.717) is 22.2 Å². The fourth-order valence-electron chi connectivity index (χ4n) is 3.17. The maximum atomic E-state index is 12.9. The molecule has 0 aliphatic rings. The molecule has 4 aromatic rings. The van der Waals surface area contributed by atoms with Crippen LogP contribution in [0.5, 0.6) is 11.5 Å². The Balaban J connectivity index is 1.66. The maximum Gasteiger partial charge on any atom is 0.311 e. The van der Waals surface area contributed by atoms with Gasteiger partial charge in [-0.1, -0.05) is 48.5 Å². The van der Waals surface area contributed by atoms with Crippen LogP contribution in [-0.4, -0.2) is 32.2 Å². The van der Waals surface area contributed by atoms with Crippen LogP contribution in [0.25, 0.3) is 22.2 Å². The van der Waals surface area contributed by atoms with E-state index in [1.807, 2.05) is 36.4 Å². The quantitative estimate of drug-likeness (QED) is 0.250. The molecule has 0 radical (unpaired) electrons. The van der Waals surface area contributed by atoms with Crippen LogP contribution in [0.15, 0.2) is 77.9 Å². The Hall–Kier alpha value is -4.79. The van der Waals surface area contributed by atoms with Gasteiger partial charge in [0.1, 0.15) is 5.75 Å². The molecule has 1 heterocycles. The highest BCUT2D eigenvalue weighted by atomic mass is 16.6. The molecule has 3 aromatic carbocycles. The first kappa shape index (κ1) is 20.5. The van der Waals surface area contributed by atoms with Gasteiger partial charge in [-0.3, -0.25) is 14.9 Å². The molecule has 0 aliphatic carbocycles. The van der Waals surface area contributed by atoms with E-state index in [1.165, 1.54) is 0 Å². The minimum atomic E-state index is -0.793. The first-order chi connectivity index (χ1) is 15.4. The van der Waals surface area contributed by atoms with Crippen LogP contribution in [0, 0.1) is 10.1 Å². The summed E-state index contributed by atoms with van der Waals surface area (Å²) in [5.41, 5.74) is 4.17. The minimum Gasteiger partial charge on any atom is -0.507 e. The highest BCUT2D eigenvalue weighted by Gasteiger charge is 2.17. The molecule has 3 N–H and O–H groups in total. The van der Waals surface area contributed by atoms with Crippen molar-refractivity contribution >= 4 is 28.7 Å². The van der Waals surface area contributed by atoms with Crippen LogP contribution in [0.3, 0.4) is 0 Å². The number of benzene rings is 3. The number of carbonyl (C=O) groups is 1. The molecule has 9 heteroatoms. The Morgan fingerprint density at radius 3 is 2.47 bits per heavy atom. The third-order valence-electron chi connectivity index (χ3n) is 4.72. The summed E-state index contributed by atoms with van der Waals surface area (Å²) >= 11 is 0. The van der Waals surface area contributed by atoms with Gasteiger partial charge in [0.25, 0.3) is 5.91 Å². The van der Waals surface area contributed by atoms with E-state index < -0.39 is 28.0 Å². The van der Waals surface area contributed by atoms with Gasteiger partial charge in [0, 0.05) is 28.6 Å². The van der Waals surface area contributed by atoms with Gasteiger partial charge in [0.15, 0.2) is 5.75 Å². The minimum absolute atomic E-state index is 0.0423. The highest BCUT2D eigenvalue weighted by Crippen LogP contribution is 2.32. The summed E-state index contributed by atoms with van der Waals surface area (Å²) in [7, 11) is 0. The second kappa shape index (κ2) is 8.52. The number of hydrogen-bond acceptors (Lipinski definition) is 7. The van der Waals surface area contributed by atoms with Crippen molar-refractivity contribution in [3.63, 3.8) is 0 Å². The van der Waals surface area contributed by atoms with Gasteiger partial charge in [-0.15, -0.1) is 0 Å². The summed E-state index contributed by atoms with van der Waals surface area (Å²) in [5.74, 6) is -1.62. The molecule has 0 unspecified atom stereocenters. The van der Waals surface area contributed by atoms with E-state index in [2.05, 4.69) is 15.5 Å². The number of nitro benzene ring substituents is 1. The van der Waals surface area contributed by atoms with Crippen LogP contribution in [-0.2, 0) is 0 Å². The summed E-state index contributed by atoms with van der Waals surface area (Å²) in [6.07, 6.45) is 1.06. The predicted octanol–water partition coefficient (Wildman–Crippen LogP) is 3.99. The molecule has 1 aromatic heterocycles. The van der Waals surface area contributed by atoms with Crippen molar-refractivity contribution < 1.29 is 19.9 Å². The van der Waals surface area contributed by atoms with Crippen LogP contribution in [0.2, 0.25) is 0 Å². The molecule has 0 bridgehead atoms. The zero-order valence-electron chi connectivity index (χ0n) is 16.5. The first-order valence-corrected chi connectivity index (χ1v) is 9.43. The van der Waals surface area contributed by atoms with E-state index in [9.17, 15) is 25.1 Å². The standard InChI is InChI=1S/C23H16N4O5/c28-21-12-22(29)20(27(31)32)10-15(21)13-24-26-23(30)17-11-19(14-6-2-1-3-7-14)25-18-9-5-4-8-16(17)18/h1-13,28-29H,(H,26,30)/b24-13+. The van der Waals surface area contributed by atoms with E-state index in [4.69, 9.17) is 0 Å². The molecular weight excluding hydrogens is 412 g/mol. The summed E-state index contributed by atoms with van der Waals surface area (Å²) in [6, 6.07) is 20.0. The fourth-order valence-corrected chi connectivity index (χ4v) is 3.17. The molecule has 9 nitrogen and oxygen atoms in total. The largest absolute Gasteiger partial charge is 0.507 e. The average Bonchev–Trinajstić information content (AvgIpc) is 2.80. The SMILES string of the molecule is O=C(N/N=C/c1cc([N+](=O)[O-])c(O)cc1O)c1cc(-c2ccccc2)nc2ccccc12. The van der Waals surface area contributed by atoms with Crippen molar-refractivity contribution in [2.75, 3.05) is 0 Å². The number of rotatable bonds is 5. The number of fused-ring (bicyclic) bond motifs is 1. The van der Waals surface area contributed by atoms with Crippen molar-refractivity contribution in [1.82, 2.24) is 10.4 Å². The van der Waals surface area contributed by atoms with Crippen molar-refractivity contribution in [3.8, 4) is 22.8 Å². The molecule has 158 valence electrons. The lowest BCUT2D eigenvalue weighted by atomic mass is 10.0. The number of aromatic nitrogens is 1. The van der Waals surface area contributed by atoms with Gasteiger partial charge in [-0.05, 0) is 12.1 Å². The van der Waals surface area contributed by atoms with Gasteiger partial charge in [-0.2, -0.15) is 5.10 Å². The van der Waals surface area contributed by atoms with Crippen LogP contribution in [0.4, 0.5) is 5.69 Å². The number of pyridine rings is 1. The van der Waals surface area contributed by atoms with Crippen LogP contribution in [0.1, 0.15) is 15.9 Å². The van der Waals surface area contributed by atoms with Crippen LogP contribution < -0.4 is 5.43 Å². The number of para-hydroxylation sites is 1. The van der Waals surface area contributed by atoms with Gasteiger partial charge < -0.3 is 10.2 Å². The second-order valence-corrected chi connectivity index (χ2v) is 6.79. The Kier molecular flexibility index (Phi) is 5.45. The number of carbonyl (C=O) groups excluding carboxylic acids is 1. The predicted molar refractivity (Wildman–Crippen MR) is 119 cm³/mol. The third-order valence-corrected chi connectivity index (χ3v) is 4.72. The zero-order valence-corrected chi connectivity index (χ0v) is 16.5. The number of phenols is 2. The van der Waals surface area contributed by atoms with Gasteiger partial charge in [0.05, 0.1) is 27.9 Å². The smallest absolute Gasteiger partial charge is 0.311 e. The summed E-state index contributed by atoms with van der Waals surface area (Å²) in [4.78, 5) is 27.7. The molecule has 0 saturated heterocycles. The van der Waals surface area contributed by atoms with Crippen LogP contribution >= 0.6 is 0 Å². The van der Waals surface area contributed by atoms with E-state index in [0.717, 1.165) is 23.9 Å². The second-order valence-electron chi connectivity index (χ2n) is 6.79. The Labute approximate surface area is 181 Å². The molecular formula is C23H16N4O5. The number of aromatic hydroxyl groups is 2. The monoisotopic (exact) mass is 428 g/mol. The number of nitrogens with one attached hydrogen (secondary N) is 1. The summed E-state index contributed by atoms with van der Waals surface area (Å²) in [5, 5.41) is 34.8. The summed E-state index contributed by atoms with van der Waals surface area (Å²) in [6.45, 7) is 0. The third kappa shape index (κ3) is 4.08. The van der Waals surface area contributed by atoms with Crippen molar-refractivity contribution in [1.29, 1.82) is 0 Å². The Bertz CT molecular complexity index is 1370. The van der Waals surface area contributed by atoms with E-state index in [-0.39, 0.29) is 5.56 Å². The lowest BCUT2D eigenvalue weighted by molar-refractivity contribution is -0.385. The zero-order chi connectivity index (χ0) is 22.7. The van der Waals surface area contributed by atoms with Gasteiger partial charge in [-0.25, -0.2) is 10.4 Å². The topological polar surface area (TPSA) is 138 Å². The molecule has 0 aliphatic heterocycles. The Morgan fingerprint density at radius 2 is 1.72 bits per heavy atom. The van der Waals surface area contributed by atoms with Crippen molar-refractivity contribution in [2.45, 2.75) is 0 Å². The molecule has 4 rings (SSSR count). The average molecular weight is 428 g/mol. The number of phenolic OH excluding ortho intramolecular Hbond substituents is 2. The molecule has 1 amide bonds. The molecule has 0 fully saturated rings. The van der Waals surface area contributed by atoms with Crippen molar-refractivity contribution in [3.05, 3.63) is 94.0 Å². The molecule has 0 saturated carbocycles. The molecule has 32 heavy (non-hydrogen) atoms. The van der Waals surface area contributed by atoms with Gasteiger partial charge in [0.2, 0.25) is 0 Å². The fraction of sp³-hybridized carbons (Fsp3) is 0. The number of hydrogen-bond donors (Lipinski definition) is 3. The van der Waals surface area contributed by atoms with E-state index in [1.54, 1.807) is 24.3 Å². The lowest BCUT2D eigenvalue weighted by Gasteiger charge is -2.09. The molecule has 0 atom stereocenters. The highest BCUT2D eigenvalue weighted by molar-refractivity contribution is 6.07. The number of nitro groups is 1. The van der Waals surface area contributed by atoms with Gasteiger partial charge >= 0.3 is 5.69 Å². The summed E-state index contributed by atoms with van der Waals surface area (Å²) < 4.78 is 0. The number of amides is 1. The van der Waals surface area contributed by atoms with E-state index >= 15 is 0 Å².